The van der Waals surface area contributed by atoms with Gasteiger partial charge in [0.25, 0.3) is 10.0 Å². The highest BCUT2D eigenvalue weighted by Gasteiger charge is 2.22. The van der Waals surface area contributed by atoms with Crippen molar-refractivity contribution < 1.29 is 21.9 Å². The number of halogens is 3. The number of alkyl halides is 2. The van der Waals surface area contributed by atoms with Crippen LogP contribution in [0, 0.1) is 0 Å². The largest absolute Gasteiger partial charge is 0.481 e. The number of pyridine rings is 1. The van der Waals surface area contributed by atoms with Crippen molar-refractivity contribution in [2.45, 2.75) is 17.7 Å². The number of aromatic nitrogens is 3. The third-order valence-corrected chi connectivity index (χ3v) is 6.12. The fraction of sp³-hybridized carbons (Fsp3) is 0.214. The summed E-state index contributed by atoms with van der Waals surface area (Å²) in [6.07, 6.45) is -2.08. The number of methoxy groups -OCH3 is 1. The molecule has 0 bridgehead atoms. The predicted molar refractivity (Wildman–Crippen MR) is 96.4 cm³/mol. The topological polar surface area (TPSA) is 94.1 Å². The zero-order valence-electron chi connectivity index (χ0n) is 13.1. The van der Waals surface area contributed by atoms with Gasteiger partial charge in [-0.05, 0) is 28.1 Å². The zero-order chi connectivity index (χ0) is 18.9. The molecule has 0 aliphatic carbocycles. The Balaban J connectivity index is 1.94. The van der Waals surface area contributed by atoms with Crippen molar-refractivity contribution in [1.29, 1.82) is 0 Å². The average molecular weight is 465 g/mol. The highest BCUT2D eigenvalue weighted by atomic mass is 79.9. The van der Waals surface area contributed by atoms with Gasteiger partial charge in [-0.15, -0.1) is 11.3 Å². The summed E-state index contributed by atoms with van der Waals surface area (Å²) in [7, 11) is -2.74. The Morgan fingerprint density at radius 2 is 2.12 bits per heavy atom. The van der Waals surface area contributed by atoms with Crippen LogP contribution >= 0.6 is 27.3 Å². The first-order valence-electron chi connectivity index (χ1n) is 7.05. The van der Waals surface area contributed by atoms with E-state index in [-0.39, 0.29) is 22.3 Å². The monoisotopic (exact) mass is 464 g/mol. The van der Waals surface area contributed by atoms with Gasteiger partial charge in [0.1, 0.15) is 14.3 Å². The molecule has 0 aliphatic heterocycles. The van der Waals surface area contributed by atoms with E-state index in [1.54, 1.807) is 12.1 Å². The summed E-state index contributed by atoms with van der Waals surface area (Å²) < 4.78 is 58.1. The summed E-state index contributed by atoms with van der Waals surface area (Å²) in [6, 6.07) is 3.26. The van der Waals surface area contributed by atoms with Crippen LogP contribution in [-0.2, 0) is 16.4 Å². The van der Waals surface area contributed by atoms with Gasteiger partial charge in [0, 0.05) is 28.9 Å². The Kier molecular flexibility index (Phi) is 5.34. The molecule has 0 radical (unpaired) electrons. The Labute approximate surface area is 159 Å². The summed E-state index contributed by atoms with van der Waals surface area (Å²) in [4.78, 5) is 12.4. The molecule has 1 N–H and O–H groups in total. The van der Waals surface area contributed by atoms with Gasteiger partial charge in [-0.3, -0.25) is 0 Å². The van der Waals surface area contributed by atoms with Crippen LogP contribution in [0.15, 0.2) is 33.2 Å². The normalized spacial score (nSPS) is 11.9. The lowest BCUT2D eigenvalue weighted by Gasteiger charge is -2.10. The van der Waals surface area contributed by atoms with Crippen molar-refractivity contribution in [2.75, 3.05) is 11.8 Å². The average Bonchev–Trinajstić information content (AvgIpc) is 2.99. The van der Waals surface area contributed by atoms with Crippen LogP contribution in [0.3, 0.4) is 0 Å². The van der Waals surface area contributed by atoms with E-state index in [1.807, 2.05) is 0 Å². The molecule has 0 unspecified atom stereocenters. The van der Waals surface area contributed by atoms with Gasteiger partial charge in [0.15, 0.2) is 0 Å². The van der Waals surface area contributed by atoms with E-state index >= 15 is 0 Å². The number of hydrogen-bond donors (Lipinski definition) is 1. The quantitative estimate of drug-likeness (QED) is 0.561. The first-order chi connectivity index (χ1) is 12.3. The summed E-state index contributed by atoms with van der Waals surface area (Å²) in [5.74, 6) is -0.386. The number of sulfonamides is 1. The van der Waals surface area contributed by atoms with E-state index in [2.05, 4.69) is 35.6 Å². The van der Waals surface area contributed by atoms with E-state index in [4.69, 9.17) is 4.74 Å². The lowest BCUT2D eigenvalue weighted by atomic mass is 10.2. The van der Waals surface area contributed by atoms with Gasteiger partial charge in [0.2, 0.25) is 18.3 Å². The third-order valence-electron chi connectivity index (χ3n) is 3.28. The molecule has 12 heteroatoms. The Hall–Kier alpha value is -1.92. The van der Waals surface area contributed by atoms with E-state index in [1.165, 1.54) is 23.8 Å². The molecule has 7 nitrogen and oxygen atoms in total. The Morgan fingerprint density at radius 3 is 2.81 bits per heavy atom. The molecule has 0 saturated carbocycles. The first-order valence-corrected chi connectivity index (χ1v) is 10.2. The van der Waals surface area contributed by atoms with E-state index in [9.17, 15) is 17.2 Å². The van der Waals surface area contributed by atoms with Crippen molar-refractivity contribution in [3.8, 4) is 5.88 Å². The number of hydrogen-bond acceptors (Lipinski definition) is 7. The van der Waals surface area contributed by atoms with Crippen LogP contribution < -0.4 is 9.46 Å². The lowest BCUT2D eigenvalue weighted by molar-refractivity contribution is 0.147. The molecule has 0 saturated heterocycles. The standard InChI is InChI=1S/C14H11BrF2N4O3S2/c1-24-12-7(4-11(16)17)5-18-14(20-12)21-26(22,23)9-6-25-13-8(9)2-3-10(15)19-13/h2-3,5-6,11H,4H2,1H3,(H,18,20,21). The maximum absolute atomic E-state index is 12.6. The lowest BCUT2D eigenvalue weighted by Crippen LogP contribution is -2.15. The number of fused-ring (bicyclic) bond motifs is 1. The molecule has 26 heavy (non-hydrogen) atoms. The number of nitrogens with zero attached hydrogens (tertiary/aromatic N) is 3. The minimum absolute atomic E-state index is 0.0247. The first kappa shape index (κ1) is 18.9. The molecule has 0 amide bonds. The third kappa shape index (κ3) is 3.91. The highest BCUT2D eigenvalue weighted by molar-refractivity contribution is 9.10. The minimum Gasteiger partial charge on any atom is -0.481 e. The number of anilines is 1. The molecule has 0 aliphatic rings. The molecule has 3 heterocycles. The van der Waals surface area contributed by atoms with E-state index in [0.29, 0.717) is 14.8 Å². The number of ether oxygens (including phenoxy) is 1. The minimum atomic E-state index is -3.99. The highest BCUT2D eigenvalue weighted by Crippen LogP contribution is 2.30. The van der Waals surface area contributed by atoms with Crippen molar-refractivity contribution in [1.82, 2.24) is 15.0 Å². The summed E-state index contributed by atoms with van der Waals surface area (Å²) >= 11 is 4.40. The van der Waals surface area contributed by atoms with Crippen LogP contribution in [0.25, 0.3) is 10.2 Å². The molecule has 0 fully saturated rings. The van der Waals surface area contributed by atoms with Crippen LogP contribution in [0.5, 0.6) is 5.88 Å². The van der Waals surface area contributed by atoms with Crippen molar-refractivity contribution in [2.24, 2.45) is 0 Å². The molecule has 3 aromatic rings. The van der Waals surface area contributed by atoms with Crippen molar-refractivity contribution in [3.05, 3.63) is 33.9 Å². The maximum atomic E-state index is 12.6. The second-order valence-electron chi connectivity index (χ2n) is 5.02. The van der Waals surface area contributed by atoms with Crippen molar-refractivity contribution >= 4 is 53.5 Å². The number of nitrogens with one attached hydrogen (secondary N) is 1. The SMILES string of the molecule is COc1nc(NS(=O)(=O)c2csc3nc(Br)ccc23)ncc1CC(F)F. The molecule has 3 rings (SSSR count). The molecule has 3 aromatic heterocycles. The van der Waals surface area contributed by atoms with Crippen LogP contribution in [-0.4, -0.2) is 36.9 Å². The maximum Gasteiger partial charge on any atom is 0.265 e. The second-order valence-corrected chi connectivity index (χ2v) is 8.34. The molecule has 0 aromatic carbocycles. The van der Waals surface area contributed by atoms with Gasteiger partial charge in [0.05, 0.1) is 7.11 Å². The summed E-state index contributed by atoms with van der Waals surface area (Å²) in [6.45, 7) is 0. The number of rotatable bonds is 6. The Bertz CT molecular complexity index is 1060. The van der Waals surface area contributed by atoms with Gasteiger partial charge in [-0.1, -0.05) is 0 Å². The molecular weight excluding hydrogens is 454 g/mol. The molecule has 0 spiro atoms. The van der Waals surface area contributed by atoms with Gasteiger partial charge < -0.3 is 4.74 Å². The summed E-state index contributed by atoms with van der Waals surface area (Å²) in [5, 5.41) is 1.90. The number of thiophene rings is 1. The molecule has 0 atom stereocenters. The zero-order valence-corrected chi connectivity index (χ0v) is 16.3. The fourth-order valence-corrected chi connectivity index (χ4v) is 5.02. The molecular formula is C14H11BrF2N4O3S2. The molecule has 138 valence electrons. The smallest absolute Gasteiger partial charge is 0.265 e. The van der Waals surface area contributed by atoms with Gasteiger partial charge >= 0.3 is 0 Å². The second kappa shape index (κ2) is 7.37. The van der Waals surface area contributed by atoms with Gasteiger partial charge in [-0.2, -0.15) is 4.98 Å². The van der Waals surface area contributed by atoms with E-state index in [0.717, 1.165) is 6.20 Å². The van der Waals surface area contributed by atoms with Crippen molar-refractivity contribution in [3.63, 3.8) is 0 Å². The fourth-order valence-electron chi connectivity index (χ4n) is 2.17. The predicted octanol–water partition coefficient (Wildman–Crippen LogP) is 3.47. The van der Waals surface area contributed by atoms with Gasteiger partial charge in [-0.25, -0.2) is 31.9 Å². The van der Waals surface area contributed by atoms with Crippen LogP contribution in [0.2, 0.25) is 0 Å². The summed E-state index contributed by atoms with van der Waals surface area (Å²) in [5.41, 5.74) is 0.0838. The van der Waals surface area contributed by atoms with Crippen LogP contribution in [0.4, 0.5) is 14.7 Å². The van der Waals surface area contributed by atoms with E-state index < -0.39 is 22.9 Å². The Morgan fingerprint density at radius 1 is 1.35 bits per heavy atom. The van der Waals surface area contributed by atoms with Crippen LogP contribution in [0.1, 0.15) is 5.56 Å².